The average Bonchev–Trinajstić information content (AvgIpc) is 2.53. The van der Waals surface area contributed by atoms with Crippen molar-refractivity contribution in [2.45, 2.75) is 12.8 Å². The molecule has 2 rings (SSSR count). The predicted octanol–water partition coefficient (Wildman–Crippen LogP) is 2.14. The Hall–Kier alpha value is -1.57. The lowest BCUT2D eigenvalue weighted by molar-refractivity contribution is -0.113. The quantitative estimate of drug-likeness (QED) is 0.708. The predicted molar refractivity (Wildman–Crippen MR) is 50.3 cm³/mol. The van der Waals surface area contributed by atoms with Gasteiger partial charge in [0.25, 0.3) is 0 Å². The summed E-state index contributed by atoms with van der Waals surface area (Å²) in [6.07, 6.45) is 3.42. The molecule has 1 aromatic rings. The molecule has 0 bridgehead atoms. The maximum Gasteiger partial charge on any atom is 0.163 e. The van der Waals surface area contributed by atoms with Crippen LogP contribution in [0.3, 0.4) is 0 Å². The van der Waals surface area contributed by atoms with E-state index in [1.165, 1.54) is 0 Å². The third-order valence-corrected chi connectivity index (χ3v) is 2.20. The summed E-state index contributed by atoms with van der Waals surface area (Å²) in [5.41, 5.74) is 1.69. The van der Waals surface area contributed by atoms with Crippen LogP contribution < -0.4 is 0 Å². The van der Waals surface area contributed by atoms with Crippen LogP contribution >= 0.6 is 0 Å². The van der Waals surface area contributed by atoms with E-state index in [1.807, 2.05) is 6.08 Å². The van der Waals surface area contributed by atoms with Crippen LogP contribution in [0.15, 0.2) is 30.3 Å². The van der Waals surface area contributed by atoms with Crippen LogP contribution in [0.5, 0.6) is 5.75 Å². The number of hydrogen-bond donors (Lipinski definition) is 1. The first-order valence-corrected chi connectivity index (χ1v) is 4.30. The van der Waals surface area contributed by atoms with Crippen molar-refractivity contribution in [2.75, 3.05) is 0 Å². The van der Waals surface area contributed by atoms with Gasteiger partial charge in [-0.1, -0.05) is 18.2 Å². The summed E-state index contributed by atoms with van der Waals surface area (Å²) >= 11 is 0. The van der Waals surface area contributed by atoms with Crippen LogP contribution in [0, 0.1) is 0 Å². The molecule has 1 aromatic carbocycles. The second-order valence-electron chi connectivity index (χ2n) is 3.13. The average molecular weight is 174 g/mol. The fourth-order valence-corrected chi connectivity index (χ4v) is 1.52. The zero-order chi connectivity index (χ0) is 9.26. The third-order valence-electron chi connectivity index (χ3n) is 2.20. The summed E-state index contributed by atoms with van der Waals surface area (Å²) in [4.78, 5) is 11.3. The molecule has 2 nitrogen and oxygen atoms in total. The zero-order valence-electron chi connectivity index (χ0n) is 7.16. The maximum atomic E-state index is 11.3. The number of carbonyl (C=O) groups is 1. The highest BCUT2D eigenvalue weighted by Crippen LogP contribution is 2.25. The molecule has 0 aliphatic heterocycles. The fraction of sp³-hybridized carbons (Fsp3) is 0.182. The normalized spacial score (nSPS) is 16.0. The molecule has 1 aliphatic rings. The largest absolute Gasteiger partial charge is 0.508 e. The van der Waals surface area contributed by atoms with E-state index in [1.54, 1.807) is 24.3 Å². The molecule has 1 aliphatic carbocycles. The number of hydrogen-bond acceptors (Lipinski definition) is 2. The van der Waals surface area contributed by atoms with Crippen molar-refractivity contribution in [2.24, 2.45) is 0 Å². The number of aromatic hydroxyl groups is 1. The lowest BCUT2D eigenvalue weighted by Crippen LogP contribution is -1.94. The molecule has 0 fully saturated rings. The minimum Gasteiger partial charge on any atom is -0.508 e. The Bertz CT molecular complexity index is 360. The van der Waals surface area contributed by atoms with Crippen molar-refractivity contribution in [3.8, 4) is 5.75 Å². The number of phenols is 1. The number of allylic oxidation sites excluding steroid dienone is 2. The smallest absolute Gasteiger partial charge is 0.163 e. The highest BCUT2D eigenvalue weighted by molar-refractivity contribution is 6.22. The molecule has 0 atom stereocenters. The standard InChI is InChI=1S/C11H10O2/c12-9-6-4-8(5-7-9)10-2-1-3-11(10)13/h2,4-7,12H,1,3H2. The minimum atomic E-state index is 0.200. The Morgan fingerprint density at radius 3 is 2.38 bits per heavy atom. The van der Waals surface area contributed by atoms with Gasteiger partial charge in [-0.2, -0.15) is 0 Å². The topological polar surface area (TPSA) is 37.3 Å². The van der Waals surface area contributed by atoms with E-state index >= 15 is 0 Å². The molecule has 0 aromatic heterocycles. The van der Waals surface area contributed by atoms with Crippen molar-refractivity contribution in [1.29, 1.82) is 0 Å². The summed E-state index contributed by atoms with van der Waals surface area (Å²) in [7, 11) is 0. The van der Waals surface area contributed by atoms with Crippen LogP contribution in [0.25, 0.3) is 5.57 Å². The summed E-state index contributed by atoms with van der Waals surface area (Å²) in [5, 5.41) is 9.06. The van der Waals surface area contributed by atoms with Crippen molar-refractivity contribution < 1.29 is 9.90 Å². The van der Waals surface area contributed by atoms with E-state index in [9.17, 15) is 4.79 Å². The number of Topliss-reactive ketones (excluding diaryl/α,β-unsaturated/α-hetero) is 1. The molecule has 66 valence electrons. The van der Waals surface area contributed by atoms with Crippen LogP contribution in [0.1, 0.15) is 18.4 Å². The van der Waals surface area contributed by atoms with E-state index in [4.69, 9.17) is 5.11 Å². The molecule has 0 amide bonds. The van der Waals surface area contributed by atoms with Crippen molar-refractivity contribution >= 4 is 11.4 Å². The Morgan fingerprint density at radius 1 is 1.15 bits per heavy atom. The number of phenolic OH excluding ortho intramolecular Hbond substituents is 1. The molecule has 0 saturated heterocycles. The van der Waals surface area contributed by atoms with Crippen LogP contribution in [-0.4, -0.2) is 10.9 Å². The molecular formula is C11H10O2. The summed E-state index contributed by atoms with van der Waals surface area (Å²) in [5.74, 6) is 0.431. The van der Waals surface area contributed by atoms with Gasteiger partial charge >= 0.3 is 0 Å². The molecule has 0 spiro atoms. The summed E-state index contributed by atoms with van der Waals surface area (Å²) < 4.78 is 0. The summed E-state index contributed by atoms with van der Waals surface area (Å²) in [6.45, 7) is 0. The van der Waals surface area contributed by atoms with Gasteiger partial charge in [0.15, 0.2) is 5.78 Å². The molecule has 13 heavy (non-hydrogen) atoms. The summed E-state index contributed by atoms with van der Waals surface area (Å²) in [6, 6.07) is 6.73. The fourth-order valence-electron chi connectivity index (χ4n) is 1.52. The third kappa shape index (κ3) is 1.47. The first kappa shape index (κ1) is 8.05. The van der Waals surface area contributed by atoms with Crippen LogP contribution in [-0.2, 0) is 4.79 Å². The first-order valence-electron chi connectivity index (χ1n) is 4.30. The van der Waals surface area contributed by atoms with Gasteiger partial charge in [-0.15, -0.1) is 0 Å². The minimum absolute atomic E-state index is 0.200. The van der Waals surface area contributed by atoms with E-state index in [0.717, 1.165) is 17.6 Å². The number of benzene rings is 1. The second-order valence-corrected chi connectivity index (χ2v) is 3.13. The van der Waals surface area contributed by atoms with E-state index < -0.39 is 0 Å². The van der Waals surface area contributed by atoms with Gasteiger partial charge in [0.05, 0.1) is 0 Å². The first-order chi connectivity index (χ1) is 6.27. The van der Waals surface area contributed by atoms with Crippen LogP contribution in [0.4, 0.5) is 0 Å². The second kappa shape index (κ2) is 3.05. The monoisotopic (exact) mass is 174 g/mol. The van der Waals surface area contributed by atoms with Gasteiger partial charge in [0.2, 0.25) is 0 Å². The van der Waals surface area contributed by atoms with Crippen molar-refractivity contribution in [3.63, 3.8) is 0 Å². The number of ketones is 1. The zero-order valence-corrected chi connectivity index (χ0v) is 7.16. The van der Waals surface area contributed by atoms with Gasteiger partial charge in [-0.3, -0.25) is 4.79 Å². The maximum absolute atomic E-state index is 11.3. The van der Waals surface area contributed by atoms with E-state index in [2.05, 4.69) is 0 Å². The Labute approximate surface area is 76.5 Å². The van der Waals surface area contributed by atoms with Gasteiger partial charge < -0.3 is 5.11 Å². The van der Waals surface area contributed by atoms with Gasteiger partial charge in [-0.05, 0) is 24.1 Å². The van der Waals surface area contributed by atoms with Gasteiger partial charge in [-0.25, -0.2) is 0 Å². The molecule has 0 radical (unpaired) electrons. The van der Waals surface area contributed by atoms with Crippen molar-refractivity contribution in [3.05, 3.63) is 35.9 Å². The lowest BCUT2D eigenvalue weighted by atomic mass is 10.0. The Balaban J connectivity index is 2.36. The highest BCUT2D eigenvalue weighted by Gasteiger charge is 2.15. The number of carbonyl (C=O) groups excluding carboxylic acids is 1. The Kier molecular flexibility index (Phi) is 1.89. The molecule has 2 heteroatoms. The SMILES string of the molecule is O=C1CCC=C1c1ccc(O)cc1. The Morgan fingerprint density at radius 2 is 1.85 bits per heavy atom. The number of rotatable bonds is 1. The molecule has 0 unspecified atom stereocenters. The highest BCUT2D eigenvalue weighted by atomic mass is 16.3. The van der Waals surface area contributed by atoms with Gasteiger partial charge in [0.1, 0.15) is 5.75 Å². The van der Waals surface area contributed by atoms with Crippen molar-refractivity contribution in [1.82, 2.24) is 0 Å². The molecule has 0 saturated carbocycles. The lowest BCUT2D eigenvalue weighted by Gasteiger charge is -2.00. The van der Waals surface area contributed by atoms with Gasteiger partial charge in [0, 0.05) is 12.0 Å². The molecule has 1 N–H and O–H groups in total. The van der Waals surface area contributed by atoms with Crippen LogP contribution in [0.2, 0.25) is 0 Å². The molecular weight excluding hydrogens is 164 g/mol. The molecule has 0 heterocycles. The van der Waals surface area contributed by atoms with E-state index in [0.29, 0.717) is 6.42 Å². The van der Waals surface area contributed by atoms with E-state index in [-0.39, 0.29) is 11.5 Å².